The second kappa shape index (κ2) is 9.03. The molecule has 166 valence electrons. The maximum absolute atomic E-state index is 14.9. The Morgan fingerprint density at radius 3 is 2.52 bits per heavy atom. The van der Waals surface area contributed by atoms with E-state index < -0.39 is 0 Å². The Morgan fingerprint density at radius 2 is 1.79 bits per heavy atom. The van der Waals surface area contributed by atoms with E-state index in [1.165, 1.54) is 6.07 Å². The van der Waals surface area contributed by atoms with Gasteiger partial charge in [-0.2, -0.15) is 0 Å². The Morgan fingerprint density at radius 1 is 1.00 bits per heavy atom. The molecule has 0 spiro atoms. The van der Waals surface area contributed by atoms with Crippen LogP contribution < -0.4 is 15.0 Å². The van der Waals surface area contributed by atoms with E-state index in [1.54, 1.807) is 18.3 Å². The van der Waals surface area contributed by atoms with Gasteiger partial charge in [0.25, 0.3) is 0 Å². The Balaban J connectivity index is 1.63. The van der Waals surface area contributed by atoms with Crippen LogP contribution in [0.25, 0.3) is 5.69 Å². The van der Waals surface area contributed by atoms with Crippen molar-refractivity contribution in [1.82, 2.24) is 14.9 Å². The Hall–Kier alpha value is -3.71. The van der Waals surface area contributed by atoms with Crippen molar-refractivity contribution < 1.29 is 9.13 Å². The summed E-state index contributed by atoms with van der Waals surface area (Å²) in [6, 6.07) is 23.9. The quantitative estimate of drug-likeness (QED) is 0.382. The second-order valence-corrected chi connectivity index (χ2v) is 8.06. The average Bonchev–Trinajstić information content (AvgIpc) is 3.45. The Labute approximate surface area is 197 Å². The second-order valence-electron chi connectivity index (χ2n) is 7.68. The van der Waals surface area contributed by atoms with Gasteiger partial charge in [-0.25, -0.2) is 4.39 Å². The molecule has 1 aliphatic heterocycles. The molecule has 0 amide bonds. The molecule has 1 N–H and O–H groups in total. The van der Waals surface area contributed by atoms with Crippen LogP contribution in [0.1, 0.15) is 30.4 Å². The number of para-hydroxylation sites is 1. The van der Waals surface area contributed by atoms with Crippen molar-refractivity contribution in [2.45, 2.75) is 19.0 Å². The summed E-state index contributed by atoms with van der Waals surface area (Å²) in [5.41, 5.74) is 3.20. The minimum absolute atomic E-state index is 0.255. The number of hydrogen-bond acceptors (Lipinski definition) is 3. The number of benzene rings is 2. The topological polar surface area (TPSA) is 42.3 Å². The van der Waals surface area contributed by atoms with Crippen molar-refractivity contribution in [3.8, 4) is 11.4 Å². The van der Waals surface area contributed by atoms with E-state index in [4.69, 9.17) is 17.0 Å². The van der Waals surface area contributed by atoms with Crippen molar-refractivity contribution in [2.24, 2.45) is 0 Å². The molecule has 0 aliphatic carbocycles. The molecule has 0 saturated carbocycles. The smallest absolute Gasteiger partial charge is 0.174 e. The van der Waals surface area contributed by atoms with Gasteiger partial charge in [-0.05, 0) is 79.8 Å². The first-order valence-corrected chi connectivity index (χ1v) is 11.2. The first kappa shape index (κ1) is 21.2. The van der Waals surface area contributed by atoms with Crippen LogP contribution in [0.3, 0.4) is 0 Å². The fourth-order valence-corrected chi connectivity index (χ4v) is 4.64. The number of aromatic nitrogens is 2. The molecule has 2 aromatic heterocycles. The number of thiocarbonyl (C=S) groups is 1. The fourth-order valence-electron chi connectivity index (χ4n) is 4.30. The molecule has 0 radical (unpaired) electrons. The lowest BCUT2D eigenvalue weighted by Gasteiger charge is -2.29. The highest BCUT2D eigenvalue weighted by Gasteiger charge is 2.42. The first-order valence-electron chi connectivity index (χ1n) is 10.8. The van der Waals surface area contributed by atoms with E-state index in [0.29, 0.717) is 17.4 Å². The van der Waals surface area contributed by atoms with E-state index in [0.717, 1.165) is 22.8 Å². The number of halogens is 1. The molecule has 2 unspecified atom stereocenters. The summed E-state index contributed by atoms with van der Waals surface area (Å²) in [5, 5.41) is 3.84. The van der Waals surface area contributed by atoms with Crippen molar-refractivity contribution >= 4 is 23.0 Å². The molecule has 1 fully saturated rings. The average molecular weight is 459 g/mol. The van der Waals surface area contributed by atoms with Gasteiger partial charge in [0.1, 0.15) is 17.6 Å². The highest BCUT2D eigenvalue weighted by Crippen LogP contribution is 2.42. The molecule has 5 nitrogen and oxygen atoms in total. The van der Waals surface area contributed by atoms with Crippen molar-refractivity contribution in [3.05, 3.63) is 108 Å². The van der Waals surface area contributed by atoms with Crippen LogP contribution in [0, 0.1) is 5.82 Å². The third-order valence-electron chi connectivity index (χ3n) is 5.72. The van der Waals surface area contributed by atoms with Crippen molar-refractivity contribution in [2.75, 3.05) is 11.5 Å². The number of nitrogens with zero attached hydrogens (tertiary/aromatic N) is 3. The monoisotopic (exact) mass is 458 g/mol. The predicted octanol–water partition coefficient (Wildman–Crippen LogP) is 5.59. The molecule has 5 rings (SSSR count). The number of nitrogens with one attached hydrogen (secondary N) is 1. The fraction of sp³-hybridized carbons (Fsp3) is 0.154. The molecule has 1 aliphatic rings. The zero-order valence-corrected chi connectivity index (χ0v) is 18.9. The Bertz CT molecular complexity index is 1260. The molecule has 7 heteroatoms. The van der Waals surface area contributed by atoms with E-state index in [2.05, 4.69) is 14.9 Å². The van der Waals surface area contributed by atoms with Gasteiger partial charge in [0, 0.05) is 23.8 Å². The predicted molar refractivity (Wildman–Crippen MR) is 131 cm³/mol. The van der Waals surface area contributed by atoms with Gasteiger partial charge < -0.3 is 19.5 Å². The molecule has 3 heterocycles. The summed E-state index contributed by atoms with van der Waals surface area (Å²) < 4.78 is 22.6. The van der Waals surface area contributed by atoms with Gasteiger partial charge >= 0.3 is 0 Å². The third-order valence-corrected chi connectivity index (χ3v) is 6.03. The Kier molecular flexibility index (Phi) is 5.79. The molecule has 2 atom stereocenters. The number of anilines is 1. The van der Waals surface area contributed by atoms with Crippen LogP contribution in [0.4, 0.5) is 10.1 Å². The lowest BCUT2D eigenvalue weighted by atomic mass is 10.0. The standard InChI is InChI=1S/C26H23FN4OS/c1-2-32-19-14-12-18(13-15-19)30-17-7-11-23(30)25-24(21-9-5-6-16-28-21)29-26(33)31(25)22-10-4-3-8-20(22)27/h3-17,24-25H,2H2,1H3,(H,29,33). The van der Waals surface area contributed by atoms with Gasteiger partial charge in [-0.15, -0.1) is 0 Å². The zero-order valence-electron chi connectivity index (χ0n) is 18.1. The van der Waals surface area contributed by atoms with Crippen molar-refractivity contribution in [3.63, 3.8) is 0 Å². The summed E-state index contributed by atoms with van der Waals surface area (Å²) in [4.78, 5) is 6.42. The minimum Gasteiger partial charge on any atom is -0.494 e. The summed E-state index contributed by atoms with van der Waals surface area (Å²) in [7, 11) is 0. The molecule has 2 aromatic carbocycles. The minimum atomic E-state index is -0.326. The maximum atomic E-state index is 14.9. The van der Waals surface area contributed by atoms with Gasteiger partial charge in [0.2, 0.25) is 0 Å². The molecule has 33 heavy (non-hydrogen) atoms. The highest BCUT2D eigenvalue weighted by molar-refractivity contribution is 7.80. The van der Waals surface area contributed by atoms with Gasteiger partial charge in [-0.1, -0.05) is 18.2 Å². The summed E-state index contributed by atoms with van der Waals surface area (Å²) in [6.07, 6.45) is 3.76. The van der Waals surface area contributed by atoms with Crippen LogP contribution in [0.15, 0.2) is 91.3 Å². The van der Waals surface area contributed by atoms with Gasteiger partial charge in [0.05, 0.1) is 24.0 Å². The van der Waals surface area contributed by atoms with Crippen LogP contribution in [-0.2, 0) is 0 Å². The summed E-state index contributed by atoms with van der Waals surface area (Å²) in [6.45, 7) is 2.58. The van der Waals surface area contributed by atoms with Crippen molar-refractivity contribution in [1.29, 1.82) is 0 Å². The number of rotatable bonds is 6. The molecular weight excluding hydrogens is 435 g/mol. The summed E-state index contributed by atoms with van der Waals surface area (Å²) in [5.74, 6) is 0.491. The van der Waals surface area contributed by atoms with Crippen LogP contribution in [-0.4, -0.2) is 21.3 Å². The van der Waals surface area contributed by atoms with E-state index in [-0.39, 0.29) is 17.9 Å². The lowest BCUT2D eigenvalue weighted by Crippen LogP contribution is -2.31. The number of pyridine rings is 1. The van der Waals surface area contributed by atoms with Gasteiger partial charge in [-0.3, -0.25) is 4.98 Å². The summed E-state index contributed by atoms with van der Waals surface area (Å²) >= 11 is 5.71. The molecule has 0 bridgehead atoms. The molecular formula is C26H23FN4OS. The number of hydrogen-bond donors (Lipinski definition) is 1. The van der Waals surface area contributed by atoms with Gasteiger partial charge in [0.15, 0.2) is 5.11 Å². The van der Waals surface area contributed by atoms with Crippen LogP contribution in [0.5, 0.6) is 5.75 Å². The van der Waals surface area contributed by atoms with E-state index in [1.807, 2.05) is 78.7 Å². The molecule has 1 saturated heterocycles. The maximum Gasteiger partial charge on any atom is 0.174 e. The lowest BCUT2D eigenvalue weighted by molar-refractivity contribution is 0.340. The van der Waals surface area contributed by atoms with Crippen LogP contribution >= 0.6 is 12.2 Å². The highest BCUT2D eigenvalue weighted by atomic mass is 32.1. The first-order chi connectivity index (χ1) is 16.2. The normalized spacial score (nSPS) is 17.8. The van der Waals surface area contributed by atoms with E-state index >= 15 is 0 Å². The number of ether oxygens (including phenoxy) is 1. The SMILES string of the molecule is CCOc1ccc(-n2cccc2C2C(c3ccccn3)NC(=S)N2c2ccccc2F)cc1. The third kappa shape index (κ3) is 3.96. The van der Waals surface area contributed by atoms with Crippen LogP contribution in [0.2, 0.25) is 0 Å². The van der Waals surface area contributed by atoms with E-state index in [9.17, 15) is 4.39 Å². The largest absolute Gasteiger partial charge is 0.494 e. The molecule has 4 aromatic rings. The zero-order chi connectivity index (χ0) is 22.8.